The summed E-state index contributed by atoms with van der Waals surface area (Å²) in [6.45, 7) is 3.60. The van der Waals surface area contributed by atoms with Gasteiger partial charge in [-0.15, -0.1) is 0 Å². The highest BCUT2D eigenvalue weighted by Gasteiger charge is 2.35. The first-order chi connectivity index (χ1) is 14.9. The first-order valence-corrected chi connectivity index (χ1v) is 10.6. The minimum atomic E-state index is -4.56. The third kappa shape index (κ3) is 5.25. The maximum absolute atomic E-state index is 13.0. The predicted molar refractivity (Wildman–Crippen MR) is 110 cm³/mol. The molecule has 1 aliphatic heterocycles. The lowest BCUT2D eigenvalue weighted by Gasteiger charge is -2.30. The van der Waals surface area contributed by atoms with Gasteiger partial charge in [0.1, 0.15) is 6.23 Å². The van der Waals surface area contributed by atoms with Crippen LogP contribution < -0.4 is 0 Å². The number of aromatic nitrogens is 4. The number of H-pyrrole nitrogens is 2. The van der Waals surface area contributed by atoms with Crippen molar-refractivity contribution in [1.82, 2.24) is 30.0 Å². The third-order valence-corrected chi connectivity index (χ3v) is 5.83. The number of benzene rings is 1. The molecular weight excluding hydrogens is 409 g/mol. The van der Waals surface area contributed by atoms with E-state index in [4.69, 9.17) is 0 Å². The number of aliphatic hydroxyl groups excluding tert-OH is 1. The van der Waals surface area contributed by atoms with Crippen molar-refractivity contribution in [2.24, 2.45) is 0 Å². The highest BCUT2D eigenvalue weighted by Crippen LogP contribution is 2.30. The average Bonchev–Trinajstić information content (AvgIpc) is 3.36. The van der Waals surface area contributed by atoms with E-state index in [1.54, 1.807) is 11.2 Å². The number of hydrogen-bond acceptors (Lipinski definition) is 5. The number of nitrogens with zero attached hydrogens (tertiary/aromatic N) is 4. The Morgan fingerprint density at radius 1 is 1.16 bits per heavy atom. The molecule has 1 aromatic carbocycles. The molecule has 0 aliphatic carbocycles. The van der Waals surface area contributed by atoms with Gasteiger partial charge in [-0.2, -0.15) is 18.3 Å². The number of aromatic amines is 2. The van der Waals surface area contributed by atoms with E-state index in [9.17, 15) is 18.3 Å². The Balaban J connectivity index is 1.55. The van der Waals surface area contributed by atoms with Gasteiger partial charge >= 0.3 is 6.18 Å². The van der Waals surface area contributed by atoms with Crippen molar-refractivity contribution in [2.45, 2.75) is 44.6 Å². The van der Waals surface area contributed by atoms with Crippen molar-refractivity contribution < 1.29 is 18.3 Å². The number of alkyl halides is 3. The van der Waals surface area contributed by atoms with Crippen LogP contribution in [0.3, 0.4) is 0 Å². The van der Waals surface area contributed by atoms with E-state index >= 15 is 0 Å². The summed E-state index contributed by atoms with van der Waals surface area (Å²) in [6, 6.07) is 6.58. The lowest BCUT2D eigenvalue weighted by atomic mass is 10.1. The number of hydrogen-bond donors (Lipinski definition) is 3. The number of nitrogens with one attached hydrogen (secondary N) is 2. The van der Waals surface area contributed by atoms with Gasteiger partial charge in [0.15, 0.2) is 5.69 Å². The Labute approximate surface area is 178 Å². The van der Waals surface area contributed by atoms with E-state index in [2.05, 4.69) is 25.1 Å². The fraction of sp³-hybridized carbons (Fsp3) is 0.524. The number of halogens is 3. The zero-order valence-corrected chi connectivity index (χ0v) is 17.2. The molecule has 1 saturated heterocycles. The summed E-state index contributed by atoms with van der Waals surface area (Å²) in [4.78, 5) is 11.5. The van der Waals surface area contributed by atoms with Crippen molar-refractivity contribution in [1.29, 1.82) is 0 Å². The fourth-order valence-corrected chi connectivity index (χ4v) is 4.11. The van der Waals surface area contributed by atoms with E-state index in [0.29, 0.717) is 13.1 Å². The summed E-state index contributed by atoms with van der Waals surface area (Å²) in [5.74, 6) is 0. The van der Waals surface area contributed by atoms with Crippen molar-refractivity contribution in [3.05, 3.63) is 47.5 Å². The zero-order valence-electron chi connectivity index (χ0n) is 17.2. The van der Waals surface area contributed by atoms with Crippen LogP contribution in [0.1, 0.15) is 48.9 Å². The summed E-state index contributed by atoms with van der Waals surface area (Å²) in [5.41, 5.74) is 1.57. The molecule has 10 heteroatoms. The Kier molecular flexibility index (Phi) is 6.59. The zero-order chi connectivity index (χ0) is 21.8. The first-order valence-electron chi connectivity index (χ1n) is 10.6. The second kappa shape index (κ2) is 9.37. The maximum Gasteiger partial charge on any atom is 0.435 e. The van der Waals surface area contributed by atoms with Gasteiger partial charge in [0.2, 0.25) is 0 Å². The SMILES string of the molecule is OC(c1cc(C(F)(F)F)n[nH]1)N(CCN1CCCCCC1)Cc1cccc2nc[nH]c12. The summed E-state index contributed by atoms with van der Waals surface area (Å²) in [7, 11) is 0. The van der Waals surface area contributed by atoms with Gasteiger partial charge in [-0.3, -0.25) is 10.00 Å². The first kappa shape index (κ1) is 21.8. The fourth-order valence-electron chi connectivity index (χ4n) is 4.11. The molecule has 1 unspecified atom stereocenters. The molecule has 2 aromatic heterocycles. The van der Waals surface area contributed by atoms with E-state index in [1.165, 1.54) is 12.8 Å². The number of para-hydroxylation sites is 1. The number of aliphatic hydroxyl groups is 1. The van der Waals surface area contributed by atoms with Crippen molar-refractivity contribution >= 4 is 11.0 Å². The van der Waals surface area contributed by atoms with Crippen LogP contribution in [0.2, 0.25) is 0 Å². The predicted octanol–water partition coefficient (Wildman–Crippen LogP) is 3.67. The smallest absolute Gasteiger partial charge is 0.372 e. The third-order valence-electron chi connectivity index (χ3n) is 5.83. The van der Waals surface area contributed by atoms with Crippen molar-refractivity contribution in [3.63, 3.8) is 0 Å². The number of imidazole rings is 1. The van der Waals surface area contributed by atoms with Crippen LogP contribution >= 0.6 is 0 Å². The van der Waals surface area contributed by atoms with Crippen molar-refractivity contribution in [2.75, 3.05) is 26.2 Å². The molecule has 3 N–H and O–H groups in total. The molecule has 0 spiro atoms. The maximum atomic E-state index is 13.0. The number of fused-ring (bicyclic) bond motifs is 1. The largest absolute Gasteiger partial charge is 0.435 e. The Morgan fingerprint density at radius 2 is 1.94 bits per heavy atom. The highest BCUT2D eigenvalue weighted by atomic mass is 19.4. The molecule has 3 heterocycles. The van der Waals surface area contributed by atoms with Crippen LogP contribution in [0.5, 0.6) is 0 Å². The molecule has 1 atom stereocenters. The molecule has 0 bridgehead atoms. The van der Waals surface area contributed by atoms with E-state index < -0.39 is 18.1 Å². The summed E-state index contributed by atoms with van der Waals surface area (Å²) in [5, 5.41) is 16.7. The van der Waals surface area contributed by atoms with Crippen molar-refractivity contribution in [3.8, 4) is 0 Å². The standard InChI is InChI=1S/C21H27F3N6O/c22-21(23,24)18-12-17(27-28-18)20(31)30(11-10-29-8-3-1-2-4-9-29)13-15-6-5-7-16-19(15)26-14-25-16/h5-7,12,14,20,31H,1-4,8-11,13H2,(H,25,26)(H,27,28). The quantitative estimate of drug-likeness (QED) is 0.492. The van der Waals surface area contributed by atoms with E-state index in [1.807, 2.05) is 18.2 Å². The summed E-state index contributed by atoms with van der Waals surface area (Å²) in [6.07, 6.45) is 0.534. The average molecular weight is 436 g/mol. The van der Waals surface area contributed by atoms with Crippen LogP contribution in [-0.2, 0) is 12.7 Å². The highest BCUT2D eigenvalue weighted by molar-refractivity contribution is 5.78. The minimum absolute atomic E-state index is 0.0278. The van der Waals surface area contributed by atoms with Gasteiger partial charge in [-0.25, -0.2) is 4.98 Å². The van der Waals surface area contributed by atoms with Gasteiger partial charge in [-0.1, -0.05) is 25.0 Å². The van der Waals surface area contributed by atoms with Crippen LogP contribution in [0.4, 0.5) is 13.2 Å². The number of rotatable bonds is 7. The molecule has 1 aliphatic rings. The van der Waals surface area contributed by atoms with E-state index in [-0.39, 0.29) is 5.69 Å². The Bertz CT molecular complexity index is 977. The molecule has 7 nitrogen and oxygen atoms in total. The molecule has 0 saturated carbocycles. The van der Waals surface area contributed by atoms with Gasteiger partial charge in [0.05, 0.1) is 23.1 Å². The van der Waals surface area contributed by atoms with E-state index in [0.717, 1.165) is 55.1 Å². The van der Waals surface area contributed by atoms with Crippen LogP contribution in [0.25, 0.3) is 11.0 Å². The summed E-state index contributed by atoms with van der Waals surface area (Å²) >= 11 is 0. The van der Waals surface area contributed by atoms with Crippen LogP contribution in [0, 0.1) is 0 Å². The normalized spacial score (nSPS) is 17.3. The van der Waals surface area contributed by atoms with Gasteiger partial charge in [0, 0.05) is 19.6 Å². The molecule has 4 rings (SSSR count). The molecule has 1 fully saturated rings. The topological polar surface area (TPSA) is 84.1 Å². The minimum Gasteiger partial charge on any atom is -0.372 e. The molecule has 31 heavy (non-hydrogen) atoms. The monoisotopic (exact) mass is 436 g/mol. The van der Waals surface area contributed by atoms with Crippen LogP contribution in [0.15, 0.2) is 30.6 Å². The van der Waals surface area contributed by atoms with Gasteiger partial charge in [-0.05, 0) is 43.6 Å². The Morgan fingerprint density at radius 3 is 2.65 bits per heavy atom. The second-order valence-corrected chi connectivity index (χ2v) is 8.02. The summed E-state index contributed by atoms with van der Waals surface area (Å²) < 4.78 is 39.0. The second-order valence-electron chi connectivity index (χ2n) is 8.02. The molecule has 0 radical (unpaired) electrons. The van der Waals surface area contributed by atoms with Gasteiger partial charge < -0.3 is 15.0 Å². The lowest BCUT2D eigenvalue weighted by molar-refractivity contribution is -0.141. The molecule has 168 valence electrons. The van der Waals surface area contributed by atoms with Crippen LogP contribution in [-0.4, -0.2) is 61.3 Å². The number of likely N-dealkylation sites (tertiary alicyclic amines) is 1. The molecule has 3 aromatic rings. The molecule has 0 amide bonds. The lowest BCUT2D eigenvalue weighted by Crippen LogP contribution is -2.37. The molecular formula is C21H27F3N6O. The Hall–Kier alpha value is -2.43. The van der Waals surface area contributed by atoms with Gasteiger partial charge in [0.25, 0.3) is 0 Å².